The summed E-state index contributed by atoms with van der Waals surface area (Å²) in [6.07, 6.45) is 0. The standard InChI is InChI=1S/C72H57BN2S.C2H6/c1-46-36-48(3)69(49(4)37-46)53-34-35-66-63(42-53)73-64-43-55(70-50(5)38-47(2)39-51(70)6)41-62-61-32-19-20-33-65(61)75(72(62)64)68-45-54(44-67(71(68)73)74(66)56-23-11-7-12-24-56)52-22-21-31-60(40-52)76(57-25-13-8-14-26-57,58-27-15-9-16-28-58)59-29-17-10-18-30-59;1-2/h7-45H,1-6H3;1-2H3. The minimum Gasteiger partial charge on any atom is -0.311 e. The number of hydrogen-bond donors (Lipinski definition) is 0. The second-order valence-electron chi connectivity index (χ2n) is 21.2. The van der Waals surface area contributed by atoms with Crippen molar-refractivity contribution in [2.45, 2.75) is 75.0 Å². The number of rotatable bonds is 8. The second kappa shape index (κ2) is 19.5. The molecular formula is C74H63BN2S. The summed E-state index contributed by atoms with van der Waals surface area (Å²) < 4.78 is 2.63. The molecule has 0 amide bonds. The Morgan fingerprint density at radius 1 is 0.346 bits per heavy atom. The summed E-state index contributed by atoms with van der Waals surface area (Å²) in [6, 6.07) is 90.1. The van der Waals surface area contributed by atoms with Gasteiger partial charge in [0.05, 0.1) is 5.52 Å². The van der Waals surface area contributed by atoms with Crippen LogP contribution in [0, 0.1) is 41.5 Å². The fraction of sp³-hybridized carbons (Fsp3) is 0.108. The molecule has 0 fully saturated rings. The Hall–Kier alpha value is -8.57. The maximum Gasteiger partial charge on any atom is 0.252 e. The molecule has 0 aliphatic carbocycles. The van der Waals surface area contributed by atoms with E-state index < -0.39 is 10.0 Å². The fourth-order valence-electron chi connectivity index (χ4n) is 13.6. The maximum atomic E-state index is 2.63. The highest BCUT2D eigenvalue weighted by Crippen LogP contribution is 2.73. The van der Waals surface area contributed by atoms with Gasteiger partial charge < -0.3 is 9.47 Å². The van der Waals surface area contributed by atoms with Crippen molar-refractivity contribution in [3.05, 3.63) is 270 Å². The lowest BCUT2D eigenvalue weighted by molar-refractivity contribution is 1.18. The van der Waals surface area contributed by atoms with Gasteiger partial charge in [0.2, 0.25) is 0 Å². The number of para-hydroxylation sites is 2. The number of nitrogens with zero attached hydrogens (tertiary/aromatic N) is 2. The third-order valence-corrected chi connectivity index (χ3v) is 20.3. The van der Waals surface area contributed by atoms with Gasteiger partial charge in [-0.2, -0.15) is 0 Å². The van der Waals surface area contributed by atoms with E-state index in [1.165, 1.54) is 142 Å². The average Bonchev–Trinajstić information content (AvgIpc) is 4.00. The third-order valence-electron chi connectivity index (χ3n) is 16.4. The molecule has 2 aliphatic rings. The molecular weight excluding hydrogens is 960 g/mol. The smallest absolute Gasteiger partial charge is 0.252 e. The largest absolute Gasteiger partial charge is 0.311 e. The van der Waals surface area contributed by atoms with Gasteiger partial charge in [-0.25, -0.2) is 0 Å². The quantitative estimate of drug-likeness (QED) is 0.138. The molecule has 1 aromatic heterocycles. The minimum absolute atomic E-state index is 0.0667. The van der Waals surface area contributed by atoms with Crippen molar-refractivity contribution in [3.8, 4) is 39.1 Å². The van der Waals surface area contributed by atoms with Gasteiger partial charge in [0.15, 0.2) is 0 Å². The Labute approximate surface area is 462 Å². The number of hydrogen-bond acceptors (Lipinski definition) is 1. The summed E-state index contributed by atoms with van der Waals surface area (Å²) in [5.74, 6) is 0. The van der Waals surface area contributed by atoms with E-state index in [0.717, 1.165) is 5.69 Å². The predicted octanol–water partition coefficient (Wildman–Crippen LogP) is 18.6. The summed E-state index contributed by atoms with van der Waals surface area (Å²) in [6.45, 7) is 17.5. The van der Waals surface area contributed by atoms with E-state index in [1.807, 2.05) is 13.8 Å². The molecule has 0 saturated carbocycles. The first-order chi connectivity index (χ1) is 38.2. The van der Waals surface area contributed by atoms with Crippen LogP contribution >= 0.6 is 10.0 Å². The molecule has 12 aromatic rings. The summed E-state index contributed by atoms with van der Waals surface area (Å²) in [5.41, 5.74) is 26.6. The second-order valence-corrected chi connectivity index (χ2v) is 24.4. The molecule has 3 heterocycles. The van der Waals surface area contributed by atoms with Crippen LogP contribution in [0.5, 0.6) is 0 Å². The topological polar surface area (TPSA) is 8.17 Å². The van der Waals surface area contributed by atoms with Gasteiger partial charge in [-0.05, 0) is 205 Å². The van der Waals surface area contributed by atoms with Gasteiger partial charge in [0, 0.05) is 58.6 Å². The van der Waals surface area contributed by atoms with Crippen LogP contribution in [0.2, 0.25) is 0 Å². The number of aromatic nitrogens is 1. The van der Waals surface area contributed by atoms with Crippen LogP contribution in [0.4, 0.5) is 17.1 Å². The zero-order valence-electron chi connectivity index (χ0n) is 45.9. The Morgan fingerprint density at radius 3 is 1.44 bits per heavy atom. The third kappa shape index (κ3) is 7.64. The van der Waals surface area contributed by atoms with E-state index in [-0.39, 0.29) is 6.71 Å². The molecule has 11 aromatic carbocycles. The molecule has 0 saturated heterocycles. The van der Waals surface area contributed by atoms with Crippen LogP contribution in [0.3, 0.4) is 0 Å². The van der Waals surface area contributed by atoms with Crippen molar-refractivity contribution in [2.75, 3.05) is 4.90 Å². The first-order valence-electron chi connectivity index (χ1n) is 27.7. The lowest BCUT2D eigenvalue weighted by Gasteiger charge is -2.42. The first-order valence-corrected chi connectivity index (χ1v) is 29.3. The number of anilines is 3. The van der Waals surface area contributed by atoms with Gasteiger partial charge in [-0.1, -0.05) is 171 Å². The summed E-state index contributed by atoms with van der Waals surface area (Å²) in [4.78, 5) is 7.79. The number of benzene rings is 11. The van der Waals surface area contributed by atoms with E-state index in [1.54, 1.807) is 0 Å². The monoisotopic (exact) mass is 1020 g/mol. The van der Waals surface area contributed by atoms with Crippen molar-refractivity contribution in [2.24, 2.45) is 0 Å². The average molecular weight is 1020 g/mol. The Kier molecular flexibility index (Phi) is 12.2. The van der Waals surface area contributed by atoms with Gasteiger partial charge in [-0.3, -0.25) is 0 Å². The van der Waals surface area contributed by atoms with Crippen molar-refractivity contribution in [3.63, 3.8) is 0 Å². The van der Waals surface area contributed by atoms with Gasteiger partial charge in [-0.15, -0.1) is 10.0 Å². The fourth-order valence-corrected chi connectivity index (χ4v) is 17.5. The van der Waals surface area contributed by atoms with Crippen molar-refractivity contribution < 1.29 is 0 Å². The molecule has 78 heavy (non-hydrogen) atoms. The van der Waals surface area contributed by atoms with E-state index in [0.29, 0.717) is 0 Å². The summed E-state index contributed by atoms with van der Waals surface area (Å²) in [5, 5.41) is 2.56. The zero-order chi connectivity index (χ0) is 53.4. The first kappa shape index (κ1) is 49.0. The Bertz CT molecular complexity index is 4150. The highest BCUT2D eigenvalue weighted by atomic mass is 32.3. The van der Waals surface area contributed by atoms with E-state index >= 15 is 0 Å². The van der Waals surface area contributed by atoms with Crippen LogP contribution < -0.4 is 21.3 Å². The van der Waals surface area contributed by atoms with Gasteiger partial charge in [0.25, 0.3) is 6.71 Å². The van der Waals surface area contributed by atoms with Crippen LogP contribution in [0.25, 0.3) is 60.9 Å². The van der Waals surface area contributed by atoms with E-state index in [2.05, 4.69) is 288 Å². The highest BCUT2D eigenvalue weighted by Gasteiger charge is 2.43. The minimum atomic E-state index is -1.95. The molecule has 0 atom stereocenters. The Morgan fingerprint density at radius 2 is 0.846 bits per heavy atom. The van der Waals surface area contributed by atoms with E-state index in [4.69, 9.17) is 0 Å². The highest BCUT2D eigenvalue weighted by molar-refractivity contribution is 8.34. The molecule has 0 N–H and O–H groups in total. The molecule has 14 rings (SSSR count). The summed E-state index contributed by atoms with van der Waals surface area (Å²) >= 11 is 0. The normalized spacial score (nSPS) is 12.5. The lowest BCUT2D eigenvalue weighted by Crippen LogP contribution is -2.60. The van der Waals surface area contributed by atoms with Gasteiger partial charge >= 0.3 is 0 Å². The van der Waals surface area contributed by atoms with Crippen molar-refractivity contribution >= 4 is 72.0 Å². The van der Waals surface area contributed by atoms with Crippen LogP contribution in [-0.4, -0.2) is 11.3 Å². The number of aryl methyl sites for hydroxylation is 6. The predicted molar refractivity (Wildman–Crippen MR) is 336 cm³/mol. The molecule has 378 valence electrons. The number of fused-ring (bicyclic) bond motifs is 7. The molecule has 4 heteroatoms. The maximum absolute atomic E-state index is 2.63. The molecule has 2 aliphatic heterocycles. The van der Waals surface area contributed by atoms with Crippen molar-refractivity contribution in [1.82, 2.24) is 4.57 Å². The van der Waals surface area contributed by atoms with Gasteiger partial charge in [0.1, 0.15) is 0 Å². The zero-order valence-corrected chi connectivity index (χ0v) is 46.7. The molecule has 0 radical (unpaired) electrons. The van der Waals surface area contributed by atoms with Crippen LogP contribution in [0.15, 0.2) is 256 Å². The molecule has 0 bridgehead atoms. The van der Waals surface area contributed by atoms with E-state index in [9.17, 15) is 0 Å². The summed E-state index contributed by atoms with van der Waals surface area (Å²) in [7, 11) is -1.95. The Balaban J connectivity index is 0.00000286. The SMILES string of the molecule is CC.Cc1cc(C)c(-c2ccc3c(c2)B2c4c(cc(-c5cccc(S(c6ccccc6)(c6ccccc6)c6ccccc6)c5)cc4-n4c5ccccc5c5cc(-c6c(C)cc(C)cc6C)cc2c54)N3c2ccccc2)c(C)c1. The lowest BCUT2D eigenvalue weighted by atomic mass is 9.33. The van der Waals surface area contributed by atoms with Crippen molar-refractivity contribution in [1.29, 1.82) is 0 Å². The molecule has 0 spiro atoms. The van der Waals surface area contributed by atoms with Crippen LogP contribution in [0.1, 0.15) is 47.2 Å². The van der Waals surface area contributed by atoms with Crippen LogP contribution in [-0.2, 0) is 0 Å². The molecule has 0 unspecified atom stereocenters. The molecule has 2 nitrogen and oxygen atoms in total.